The van der Waals surface area contributed by atoms with E-state index in [1.54, 1.807) is 11.8 Å². The fourth-order valence-electron chi connectivity index (χ4n) is 3.53. The summed E-state index contributed by atoms with van der Waals surface area (Å²) < 4.78 is 6.00. The summed E-state index contributed by atoms with van der Waals surface area (Å²) in [5.74, 6) is 0.0755. The Hall–Kier alpha value is -1.08. The number of hydrogen-bond acceptors (Lipinski definition) is 3. The summed E-state index contributed by atoms with van der Waals surface area (Å²) in [6, 6.07) is 2.42. The summed E-state index contributed by atoms with van der Waals surface area (Å²) in [6.45, 7) is 4.83. The summed E-state index contributed by atoms with van der Waals surface area (Å²) >= 11 is 0. The van der Waals surface area contributed by atoms with Gasteiger partial charge in [0.25, 0.3) is 0 Å². The standard InChI is InChI=1S/C11H14N2O2/c1-8(14)13-6-11(7-13)10(5-12)3-9(2,4-10)15-11/h3-4,6-7H2,1-2H3. The van der Waals surface area contributed by atoms with Crippen molar-refractivity contribution in [3.05, 3.63) is 0 Å². The molecule has 3 heterocycles. The highest BCUT2D eigenvalue weighted by Gasteiger charge is 2.77. The number of nitriles is 1. The van der Waals surface area contributed by atoms with Crippen LogP contribution in [0.4, 0.5) is 0 Å². The van der Waals surface area contributed by atoms with Crippen LogP contribution >= 0.6 is 0 Å². The Labute approximate surface area is 88.8 Å². The van der Waals surface area contributed by atoms with Gasteiger partial charge < -0.3 is 9.64 Å². The number of ether oxygens (including phenoxy) is 1. The lowest BCUT2D eigenvalue weighted by Crippen LogP contribution is -2.68. The van der Waals surface area contributed by atoms with Crippen molar-refractivity contribution < 1.29 is 9.53 Å². The summed E-state index contributed by atoms with van der Waals surface area (Å²) in [6.07, 6.45) is 1.67. The number of rotatable bonds is 0. The third kappa shape index (κ3) is 0.836. The second-order valence-electron chi connectivity index (χ2n) is 5.47. The van der Waals surface area contributed by atoms with Gasteiger partial charge in [0.15, 0.2) is 0 Å². The number of carbonyl (C=O) groups is 1. The van der Waals surface area contributed by atoms with Crippen molar-refractivity contribution in [3.63, 3.8) is 0 Å². The van der Waals surface area contributed by atoms with Crippen molar-refractivity contribution in [2.45, 2.75) is 37.9 Å². The van der Waals surface area contributed by atoms with E-state index >= 15 is 0 Å². The minimum Gasteiger partial charge on any atom is -0.363 e. The van der Waals surface area contributed by atoms with E-state index in [9.17, 15) is 10.1 Å². The van der Waals surface area contributed by atoms with E-state index in [0.717, 1.165) is 12.8 Å². The van der Waals surface area contributed by atoms with Gasteiger partial charge in [-0.15, -0.1) is 0 Å². The van der Waals surface area contributed by atoms with Gasteiger partial charge in [-0.05, 0) is 19.8 Å². The first-order chi connectivity index (χ1) is 6.94. The average molecular weight is 206 g/mol. The minimum absolute atomic E-state index is 0.0755. The van der Waals surface area contributed by atoms with Crippen LogP contribution in [-0.2, 0) is 9.53 Å². The van der Waals surface area contributed by atoms with Crippen molar-refractivity contribution in [2.75, 3.05) is 13.1 Å². The Morgan fingerprint density at radius 3 is 2.53 bits per heavy atom. The Morgan fingerprint density at radius 2 is 2.07 bits per heavy atom. The molecule has 0 aromatic heterocycles. The molecule has 4 rings (SSSR count). The quantitative estimate of drug-likeness (QED) is 0.585. The average Bonchev–Trinajstić information content (AvgIpc) is 2.45. The van der Waals surface area contributed by atoms with Gasteiger partial charge in [-0.25, -0.2) is 0 Å². The SMILES string of the molecule is CC(=O)N1CC2(C1)OC1(C)CC2(C#N)C1. The van der Waals surface area contributed by atoms with Crippen molar-refractivity contribution in [1.82, 2.24) is 4.90 Å². The molecule has 0 radical (unpaired) electrons. The highest BCUT2D eigenvalue weighted by molar-refractivity contribution is 5.75. The molecule has 1 spiro atoms. The largest absolute Gasteiger partial charge is 0.363 e. The molecule has 2 bridgehead atoms. The van der Waals surface area contributed by atoms with Gasteiger partial charge in [-0.2, -0.15) is 5.26 Å². The molecule has 0 aromatic carbocycles. The number of carbonyl (C=O) groups excluding carboxylic acids is 1. The Balaban J connectivity index is 1.86. The van der Waals surface area contributed by atoms with Crippen LogP contribution < -0.4 is 0 Å². The van der Waals surface area contributed by atoms with E-state index in [0.29, 0.717) is 13.1 Å². The van der Waals surface area contributed by atoms with Crippen LogP contribution in [0, 0.1) is 16.7 Å². The first kappa shape index (κ1) is 9.17. The fraction of sp³-hybridized carbons (Fsp3) is 0.818. The molecule has 1 amide bonds. The summed E-state index contributed by atoms with van der Waals surface area (Å²) in [7, 11) is 0. The third-order valence-electron chi connectivity index (χ3n) is 4.22. The first-order valence-corrected chi connectivity index (χ1v) is 5.31. The zero-order valence-corrected chi connectivity index (χ0v) is 9.04. The van der Waals surface area contributed by atoms with Crippen molar-refractivity contribution in [3.8, 4) is 6.07 Å². The molecule has 4 heteroatoms. The number of likely N-dealkylation sites (tertiary alicyclic amines) is 1. The zero-order valence-electron chi connectivity index (χ0n) is 9.04. The van der Waals surface area contributed by atoms with Gasteiger partial charge in [0.05, 0.1) is 30.2 Å². The molecule has 80 valence electrons. The highest BCUT2D eigenvalue weighted by atomic mass is 16.5. The topological polar surface area (TPSA) is 53.3 Å². The van der Waals surface area contributed by atoms with E-state index < -0.39 is 0 Å². The minimum atomic E-state index is -0.345. The van der Waals surface area contributed by atoms with E-state index in [1.807, 2.05) is 0 Å². The van der Waals surface area contributed by atoms with Crippen LogP contribution in [0.3, 0.4) is 0 Å². The number of amides is 1. The molecular formula is C11H14N2O2. The van der Waals surface area contributed by atoms with Crippen LogP contribution in [0.15, 0.2) is 0 Å². The third-order valence-corrected chi connectivity index (χ3v) is 4.22. The van der Waals surface area contributed by atoms with E-state index in [1.165, 1.54) is 0 Å². The van der Waals surface area contributed by atoms with Crippen LogP contribution in [0.2, 0.25) is 0 Å². The second kappa shape index (κ2) is 2.19. The molecule has 1 aliphatic carbocycles. The molecular weight excluding hydrogens is 192 g/mol. The van der Waals surface area contributed by atoms with Crippen LogP contribution in [0.5, 0.6) is 0 Å². The number of hydrogen-bond donors (Lipinski definition) is 0. The van der Waals surface area contributed by atoms with Crippen LogP contribution in [0.1, 0.15) is 26.7 Å². The maximum absolute atomic E-state index is 11.1. The molecule has 0 unspecified atom stereocenters. The maximum Gasteiger partial charge on any atom is 0.219 e. The maximum atomic E-state index is 11.1. The number of nitrogens with zero attached hydrogens (tertiary/aromatic N) is 2. The lowest BCUT2D eigenvalue weighted by Gasteiger charge is -2.51. The van der Waals surface area contributed by atoms with Crippen LogP contribution in [0.25, 0.3) is 0 Å². The first-order valence-electron chi connectivity index (χ1n) is 5.31. The van der Waals surface area contributed by atoms with E-state index in [-0.39, 0.29) is 22.5 Å². The lowest BCUT2D eigenvalue weighted by atomic mass is 9.55. The predicted molar refractivity (Wildman–Crippen MR) is 51.8 cm³/mol. The van der Waals surface area contributed by atoms with Gasteiger partial charge in [0.2, 0.25) is 5.91 Å². The predicted octanol–water partition coefficient (Wildman–Crippen LogP) is 0.680. The Bertz CT molecular complexity index is 384. The van der Waals surface area contributed by atoms with Gasteiger partial charge in [-0.3, -0.25) is 4.79 Å². The summed E-state index contributed by atoms with van der Waals surface area (Å²) in [5.41, 5.74) is -0.755. The molecule has 1 saturated carbocycles. The van der Waals surface area contributed by atoms with Gasteiger partial charge in [0.1, 0.15) is 5.60 Å². The lowest BCUT2D eigenvalue weighted by molar-refractivity contribution is -0.166. The van der Waals surface area contributed by atoms with Crippen molar-refractivity contribution in [1.29, 1.82) is 5.26 Å². The molecule has 15 heavy (non-hydrogen) atoms. The van der Waals surface area contributed by atoms with E-state index in [2.05, 4.69) is 13.0 Å². The Morgan fingerprint density at radius 1 is 1.47 bits per heavy atom. The molecule has 0 N–H and O–H groups in total. The molecule has 3 aliphatic heterocycles. The van der Waals surface area contributed by atoms with Gasteiger partial charge in [0, 0.05) is 6.92 Å². The molecule has 0 aromatic rings. The molecule has 4 fully saturated rings. The molecule has 3 saturated heterocycles. The molecule has 4 nitrogen and oxygen atoms in total. The highest BCUT2D eigenvalue weighted by Crippen LogP contribution is 2.68. The smallest absolute Gasteiger partial charge is 0.219 e. The zero-order chi connectivity index (χ0) is 10.9. The van der Waals surface area contributed by atoms with Gasteiger partial charge in [-0.1, -0.05) is 0 Å². The second-order valence-corrected chi connectivity index (χ2v) is 5.47. The monoisotopic (exact) mass is 206 g/mol. The van der Waals surface area contributed by atoms with E-state index in [4.69, 9.17) is 4.74 Å². The van der Waals surface area contributed by atoms with Crippen molar-refractivity contribution in [2.24, 2.45) is 5.41 Å². The van der Waals surface area contributed by atoms with Crippen LogP contribution in [-0.4, -0.2) is 35.1 Å². The Kier molecular flexibility index (Phi) is 1.34. The molecule has 0 atom stereocenters. The van der Waals surface area contributed by atoms with Crippen molar-refractivity contribution >= 4 is 5.91 Å². The van der Waals surface area contributed by atoms with Gasteiger partial charge >= 0.3 is 0 Å². The summed E-state index contributed by atoms with van der Waals surface area (Å²) in [4.78, 5) is 12.9. The normalized spacial score (nSPS) is 44.5. The molecule has 4 aliphatic rings. The summed E-state index contributed by atoms with van der Waals surface area (Å²) in [5, 5.41) is 9.27. The fourth-order valence-corrected chi connectivity index (χ4v) is 3.53.